The van der Waals surface area contributed by atoms with Gasteiger partial charge in [-0.1, -0.05) is 56.7 Å². The Kier molecular flexibility index (Phi) is 5.65. The second-order valence-electron chi connectivity index (χ2n) is 7.64. The molecular weight excluding hydrogens is 324 g/mol. The number of rotatable bonds is 7. The number of carbonyl (C=O) groups excluding carboxylic acids is 1. The molecule has 0 N–H and O–H groups in total. The average molecular weight is 352 g/mol. The van der Waals surface area contributed by atoms with Gasteiger partial charge in [0.1, 0.15) is 11.9 Å². The van der Waals surface area contributed by atoms with Crippen molar-refractivity contribution in [2.75, 3.05) is 0 Å². The Hall–Kier alpha value is -2.29. The lowest BCUT2D eigenvalue weighted by Gasteiger charge is -2.26. The molecule has 0 aromatic heterocycles. The van der Waals surface area contributed by atoms with Gasteiger partial charge in [-0.25, -0.2) is 0 Å². The molecule has 0 saturated heterocycles. The van der Waals surface area contributed by atoms with Crippen LogP contribution in [0.5, 0.6) is 0 Å². The average Bonchev–Trinajstić information content (AvgIpc) is 2.58. The minimum Gasteiger partial charge on any atom is -0.491 e. The van der Waals surface area contributed by atoms with Crippen molar-refractivity contribution in [1.29, 1.82) is 0 Å². The van der Waals surface area contributed by atoms with Crippen molar-refractivity contribution in [3.8, 4) is 0 Å². The van der Waals surface area contributed by atoms with Crippen molar-refractivity contribution in [2.45, 2.75) is 59.2 Å². The van der Waals surface area contributed by atoms with Crippen LogP contribution in [0.25, 0.3) is 16.5 Å². The summed E-state index contributed by atoms with van der Waals surface area (Å²) in [4.78, 5) is 12.4. The molecule has 0 radical (unpaired) electrons. The summed E-state index contributed by atoms with van der Waals surface area (Å²) in [5.41, 5.74) is 2.10. The first-order valence-electron chi connectivity index (χ1n) is 9.55. The summed E-state index contributed by atoms with van der Waals surface area (Å²) in [5, 5.41) is 2.26. The molecule has 1 aliphatic carbocycles. The first-order valence-corrected chi connectivity index (χ1v) is 9.55. The highest BCUT2D eigenvalue weighted by Gasteiger charge is 2.26. The van der Waals surface area contributed by atoms with Gasteiger partial charge in [0, 0.05) is 23.6 Å². The van der Waals surface area contributed by atoms with Crippen molar-refractivity contribution in [3.05, 3.63) is 53.6 Å². The Bertz CT molecular complexity index is 812. The SMILES string of the molecule is CC(C)CCCC(=O)OC1C=C(OC(C)C)c2cccc3cccc1c23. The molecule has 2 aromatic carbocycles. The molecule has 1 aliphatic rings. The fraction of sp³-hybridized carbons (Fsp3) is 0.435. The third-order valence-electron chi connectivity index (χ3n) is 4.60. The maximum atomic E-state index is 12.4. The van der Waals surface area contributed by atoms with Crippen LogP contribution in [0.3, 0.4) is 0 Å². The molecule has 2 aromatic rings. The van der Waals surface area contributed by atoms with E-state index in [4.69, 9.17) is 9.47 Å². The van der Waals surface area contributed by atoms with Crippen LogP contribution in [0.1, 0.15) is 64.2 Å². The molecular formula is C23H28O3. The second-order valence-corrected chi connectivity index (χ2v) is 7.64. The summed E-state index contributed by atoms with van der Waals surface area (Å²) in [7, 11) is 0. The van der Waals surface area contributed by atoms with Crippen LogP contribution in [0.2, 0.25) is 0 Å². The largest absolute Gasteiger partial charge is 0.491 e. The Morgan fingerprint density at radius 3 is 2.50 bits per heavy atom. The van der Waals surface area contributed by atoms with E-state index in [0.717, 1.165) is 40.5 Å². The minimum absolute atomic E-state index is 0.0594. The number of benzene rings is 2. The van der Waals surface area contributed by atoms with Gasteiger partial charge in [-0.3, -0.25) is 4.79 Å². The maximum Gasteiger partial charge on any atom is 0.306 e. The third-order valence-corrected chi connectivity index (χ3v) is 4.60. The highest BCUT2D eigenvalue weighted by atomic mass is 16.5. The van der Waals surface area contributed by atoms with Crippen LogP contribution in [0, 0.1) is 5.92 Å². The Balaban J connectivity index is 1.89. The second kappa shape index (κ2) is 7.94. The third kappa shape index (κ3) is 4.09. The van der Waals surface area contributed by atoms with Crippen molar-refractivity contribution in [3.63, 3.8) is 0 Å². The van der Waals surface area contributed by atoms with Crippen molar-refractivity contribution < 1.29 is 14.3 Å². The first-order chi connectivity index (χ1) is 12.5. The van der Waals surface area contributed by atoms with E-state index >= 15 is 0 Å². The highest BCUT2D eigenvalue weighted by molar-refractivity contribution is 5.97. The van der Waals surface area contributed by atoms with Gasteiger partial charge in [0.05, 0.1) is 6.10 Å². The lowest BCUT2D eigenvalue weighted by atomic mass is 9.90. The molecule has 1 atom stereocenters. The molecule has 0 spiro atoms. The summed E-state index contributed by atoms with van der Waals surface area (Å²) in [6, 6.07) is 12.3. The zero-order chi connectivity index (χ0) is 18.7. The summed E-state index contributed by atoms with van der Waals surface area (Å²) >= 11 is 0. The van der Waals surface area contributed by atoms with Gasteiger partial charge in [0.15, 0.2) is 0 Å². The highest BCUT2D eigenvalue weighted by Crippen LogP contribution is 2.40. The monoisotopic (exact) mass is 352 g/mol. The van der Waals surface area contributed by atoms with Gasteiger partial charge in [0.2, 0.25) is 0 Å². The smallest absolute Gasteiger partial charge is 0.306 e. The molecule has 0 amide bonds. The molecule has 0 aliphatic heterocycles. The fourth-order valence-corrected chi connectivity index (χ4v) is 3.44. The molecule has 0 saturated carbocycles. The standard InChI is InChI=1S/C23H28O3/c1-15(2)8-5-13-22(24)26-21-14-20(25-16(3)4)18-11-6-9-17-10-7-12-19(21)23(17)18/h6-7,9-12,14-16,21H,5,8,13H2,1-4H3. The predicted molar refractivity (Wildman–Crippen MR) is 106 cm³/mol. The van der Waals surface area contributed by atoms with E-state index in [2.05, 4.69) is 32.0 Å². The zero-order valence-corrected chi connectivity index (χ0v) is 16.1. The quantitative estimate of drug-likeness (QED) is 0.571. The molecule has 26 heavy (non-hydrogen) atoms. The van der Waals surface area contributed by atoms with E-state index in [0.29, 0.717) is 12.3 Å². The van der Waals surface area contributed by atoms with E-state index in [1.165, 1.54) is 0 Å². The van der Waals surface area contributed by atoms with Crippen molar-refractivity contribution in [1.82, 2.24) is 0 Å². The van der Waals surface area contributed by atoms with Gasteiger partial charge in [-0.05, 0) is 37.0 Å². The Labute approximate surface area is 156 Å². The van der Waals surface area contributed by atoms with E-state index in [1.807, 2.05) is 38.1 Å². The van der Waals surface area contributed by atoms with Crippen LogP contribution >= 0.6 is 0 Å². The molecule has 1 unspecified atom stereocenters. The zero-order valence-electron chi connectivity index (χ0n) is 16.1. The van der Waals surface area contributed by atoms with Crippen LogP contribution in [-0.2, 0) is 14.3 Å². The van der Waals surface area contributed by atoms with E-state index in [9.17, 15) is 4.79 Å². The number of hydrogen-bond donors (Lipinski definition) is 0. The van der Waals surface area contributed by atoms with Crippen LogP contribution in [-0.4, -0.2) is 12.1 Å². The van der Waals surface area contributed by atoms with Crippen LogP contribution in [0.15, 0.2) is 42.5 Å². The van der Waals surface area contributed by atoms with Crippen molar-refractivity contribution in [2.24, 2.45) is 5.92 Å². The molecule has 0 fully saturated rings. The summed E-state index contributed by atoms with van der Waals surface area (Å²) in [6.45, 7) is 8.35. The van der Waals surface area contributed by atoms with Crippen molar-refractivity contribution >= 4 is 22.5 Å². The van der Waals surface area contributed by atoms with Gasteiger partial charge in [-0.15, -0.1) is 0 Å². The Morgan fingerprint density at radius 1 is 1.08 bits per heavy atom. The summed E-state index contributed by atoms with van der Waals surface area (Å²) in [5.74, 6) is 1.25. The molecule has 3 nitrogen and oxygen atoms in total. The number of carbonyl (C=O) groups is 1. The molecule has 138 valence electrons. The van der Waals surface area contributed by atoms with Gasteiger partial charge in [-0.2, -0.15) is 0 Å². The van der Waals surface area contributed by atoms with Gasteiger partial charge < -0.3 is 9.47 Å². The maximum absolute atomic E-state index is 12.4. The fourth-order valence-electron chi connectivity index (χ4n) is 3.44. The minimum atomic E-state index is -0.395. The van der Waals surface area contributed by atoms with E-state index in [1.54, 1.807) is 0 Å². The number of hydrogen-bond acceptors (Lipinski definition) is 3. The van der Waals surface area contributed by atoms with E-state index < -0.39 is 6.10 Å². The lowest BCUT2D eigenvalue weighted by Crippen LogP contribution is -2.15. The molecule has 0 bridgehead atoms. The van der Waals surface area contributed by atoms with E-state index in [-0.39, 0.29) is 12.1 Å². The van der Waals surface area contributed by atoms with Gasteiger partial charge >= 0.3 is 5.97 Å². The summed E-state index contributed by atoms with van der Waals surface area (Å²) < 4.78 is 11.9. The number of esters is 1. The number of ether oxygens (including phenoxy) is 2. The molecule has 0 heterocycles. The Morgan fingerprint density at radius 2 is 1.81 bits per heavy atom. The summed E-state index contributed by atoms with van der Waals surface area (Å²) in [6.07, 6.45) is 3.97. The first kappa shape index (κ1) is 18.5. The van der Waals surface area contributed by atoms with Crippen LogP contribution in [0.4, 0.5) is 0 Å². The van der Waals surface area contributed by atoms with Gasteiger partial charge in [0.25, 0.3) is 0 Å². The van der Waals surface area contributed by atoms with Crippen LogP contribution < -0.4 is 0 Å². The normalized spacial score (nSPS) is 16.1. The molecule has 3 heteroatoms. The topological polar surface area (TPSA) is 35.5 Å². The molecule has 3 rings (SSSR count). The predicted octanol–water partition coefficient (Wildman–Crippen LogP) is 6.03. The lowest BCUT2D eigenvalue weighted by molar-refractivity contribution is -0.147.